The van der Waals surface area contributed by atoms with Crippen molar-refractivity contribution in [3.05, 3.63) is 12.4 Å². The van der Waals surface area contributed by atoms with Crippen LogP contribution < -0.4 is 10.9 Å². The van der Waals surface area contributed by atoms with E-state index in [2.05, 4.69) is 10.9 Å². The van der Waals surface area contributed by atoms with Gasteiger partial charge in [0.05, 0.1) is 0 Å². The zero-order valence-corrected chi connectivity index (χ0v) is 5.60. The minimum atomic E-state index is 1.82. The number of nitrogens with one attached hydrogen (secondary N) is 2. The van der Waals surface area contributed by atoms with Crippen molar-refractivity contribution in [3.63, 3.8) is 0 Å². The van der Waals surface area contributed by atoms with Gasteiger partial charge < -0.3 is 10.3 Å². The molecule has 0 radical (unpaired) electrons. The molecule has 0 bridgehead atoms. The third-order valence-electron chi connectivity index (χ3n) is 0.600. The van der Waals surface area contributed by atoms with Crippen molar-refractivity contribution in [1.29, 1.82) is 0 Å². The lowest BCUT2D eigenvalue weighted by molar-refractivity contribution is 0.554. The fourth-order valence-electron chi connectivity index (χ4n) is 0.270. The lowest BCUT2D eigenvalue weighted by atomic mass is 10.8. The number of hydrogen-bond acceptors (Lipinski definition) is 3. The summed E-state index contributed by atoms with van der Waals surface area (Å²) in [6, 6.07) is 0. The maximum absolute atomic E-state index is 2.81. The molecular weight excluding hydrogens is 102 g/mol. The third kappa shape index (κ3) is 5.30. The standard InChI is InChI=1S/C5H13N3/c1-6-7-4-5-8(2)3/h4-7H,1-3H3/b5-4-. The van der Waals surface area contributed by atoms with Gasteiger partial charge in [0.15, 0.2) is 0 Å². The van der Waals surface area contributed by atoms with E-state index < -0.39 is 0 Å². The second kappa shape index (κ2) is 4.46. The first-order valence-corrected chi connectivity index (χ1v) is 2.52. The molecule has 0 heterocycles. The molecule has 3 nitrogen and oxygen atoms in total. The summed E-state index contributed by atoms with van der Waals surface area (Å²) in [5.41, 5.74) is 5.57. The van der Waals surface area contributed by atoms with E-state index in [0.29, 0.717) is 0 Å². The van der Waals surface area contributed by atoms with Gasteiger partial charge in [0, 0.05) is 33.5 Å². The van der Waals surface area contributed by atoms with E-state index in [1.807, 2.05) is 38.4 Å². The average Bonchev–Trinajstić information content (AvgIpc) is 1.66. The predicted molar refractivity (Wildman–Crippen MR) is 35.0 cm³/mol. The van der Waals surface area contributed by atoms with Crippen LogP contribution in [0.5, 0.6) is 0 Å². The summed E-state index contributed by atoms with van der Waals surface area (Å²) in [5.74, 6) is 0. The zero-order chi connectivity index (χ0) is 6.41. The first kappa shape index (κ1) is 7.30. The second-order valence-electron chi connectivity index (χ2n) is 1.67. The minimum absolute atomic E-state index is 1.82. The van der Waals surface area contributed by atoms with Crippen LogP contribution in [0.15, 0.2) is 12.4 Å². The molecule has 0 atom stereocenters. The Kier molecular flexibility index (Phi) is 4.07. The van der Waals surface area contributed by atoms with Crippen LogP contribution in [-0.2, 0) is 0 Å². The van der Waals surface area contributed by atoms with E-state index in [4.69, 9.17) is 0 Å². The van der Waals surface area contributed by atoms with Crippen molar-refractivity contribution < 1.29 is 0 Å². The summed E-state index contributed by atoms with van der Waals surface area (Å²) >= 11 is 0. The third-order valence-corrected chi connectivity index (χ3v) is 0.600. The van der Waals surface area contributed by atoms with Gasteiger partial charge in [-0.05, 0) is 0 Å². The summed E-state index contributed by atoms with van der Waals surface area (Å²) in [6.07, 6.45) is 3.73. The predicted octanol–water partition coefficient (Wildman–Crippen LogP) is -0.257. The van der Waals surface area contributed by atoms with Crippen LogP contribution in [-0.4, -0.2) is 26.0 Å². The molecule has 0 saturated carbocycles. The van der Waals surface area contributed by atoms with Crippen LogP contribution in [0, 0.1) is 0 Å². The monoisotopic (exact) mass is 115 g/mol. The van der Waals surface area contributed by atoms with Crippen molar-refractivity contribution in [2.45, 2.75) is 0 Å². The van der Waals surface area contributed by atoms with E-state index in [0.717, 1.165) is 0 Å². The van der Waals surface area contributed by atoms with Crippen LogP contribution in [0.3, 0.4) is 0 Å². The molecule has 0 aromatic rings. The molecule has 0 saturated heterocycles. The van der Waals surface area contributed by atoms with Crippen LogP contribution in [0.25, 0.3) is 0 Å². The van der Waals surface area contributed by atoms with Crippen molar-refractivity contribution in [1.82, 2.24) is 15.8 Å². The maximum atomic E-state index is 2.81. The van der Waals surface area contributed by atoms with Gasteiger partial charge in [-0.15, -0.1) is 0 Å². The molecule has 0 unspecified atom stereocenters. The first-order valence-electron chi connectivity index (χ1n) is 2.52. The largest absolute Gasteiger partial charge is 0.382 e. The molecule has 0 rings (SSSR count). The molecule has 0 amide bonds. The van der Waals surface area contributed by atoms with Gasteiger partial charge in [0.1, 0.15) is 0 Å². The van der Waals surface area contributed by atoms with Gasteiger partial charge >= 0.3 is 0 Å². The van der Waals surface area contributed by atoms with E-state index in [1.54, 1.807) is 0 Å². The SMILES string of the molecule is CNN/C=C\N(C)C. The Balaban J connectivity index is 3.07. The average molecular weight is 115 g/mol. The van der Waals surface area contributed by atoms with E-state index in [-0.39, 0.29) is 0 Å². The van der Waals surface area contributed by atoms with Crippen molar-refractivity contribution in [2.75, 3.05) is 21.1 Å². The van der Waals surface area contributed by atoms with Crippen molar-refractivity contribution >= 4 is 0 Å². The lowest BCUT2D eigenvalue weighted by Crippen LogP contribution is -2.21. The summed E-state index contributed by atoms with van der Waals surface area (Å²) < 4.78 is 0. The molecule has 0 aliphatic carbocycles. The fraction of sp³-hybridized carbons (Fsp3) is 0.600. The molecule has 0 spiro atoms. The molecule has 8 heavy (non-hydrogen) atoms. The molecule has 0 aromatic carbocycles. The molecule has 0 fully saturated rings. The maximum Gasteiger partial charge on any atom is 0.0284 e. The molecule has 0 aromatic heterocycles. The summed E-state index contributed by atoms with van der Waals surface area (Å²) in [6.45, 7) is 0. The van der Waals surface area contributed by atoms with Gasteiger partial charge in [0.2, 0.25) is 0 Å². The highest BCUT2D eigenvalue weighted by atomic mass is 15.3. The fourth-order valence-corrected chi connectivity index (χ4v) is 0.270. The Bertz CT molecular complexity index is 68.1. The molecule has 0 aliphatic heterocycles. The lowest BCUT2D eigenvalue weighted by Gasteiger charge is -2.02. The van der Waals surface area contributed by atoms with Gasteiger partial charge in [-0.2, -0.15) is 0 Å². The normalized spacial score (nSPS) is 9.88. The highest BCUT2D eigenvalue weighted by molar-refractivity contribution is 4.73. The molecule has 2 N–H and O–H groups in total. The van der Waals surface area contributed by atoms with E-state index in [1.165, 1.54) is 0 Å². The number of rotatable bonds is 3. The molecular formula is C5H13N3. The topological polar surface area (TPSA) is 27.3 Å². The van der Waals surface area contributed by atoms with Crippen LogP contribution in [0.2, 0.25) is 0 Å². The van der Waals surface area contributed by atoms with E-state index in [9.17, 15) is 0 Å². The van der Waals surface area contributed by atoms with Crippen molar-refractivity contribution in [3.8, 4) is 0 Å². The molecule has 48 valence electrons. The Morgan fingerprint density at radius 1 is 1.38 bits per heavy atom. The number of hydrazine groups is 1. The van der Waals surface area contributed by atoms with Gasteiger partial charge in [0.25, 0.3) is 0 Å². The highest BCUT2D eigenvalue weighted by Crippen LogP contribution is 1.70. The number of nitrogens with zero attached hydrogens (tertiary/aromatic N) is 1. The summed E-state index contributed by atoms with van der Waals surface area (Å²) in [5, 5.41) is 0. The van der Waals surface area contributed by atoms with Crippen LogP contribution in [0.4, 0.5) is 0 Å². The zero-order valence-electron chi connectivity index (χ0n) is 5.60. The molecule has 3 heteroatoms. The quantitative estimate of drug-likeness (QED) is 0.496. The smallest absolute Gasteiger partial charge is 0.0284 e. The summed E-state index contributed by atoms with van der Waals surface area (Å²) in [4.78, 5) is 1.95. The first-order chi connectivity index (χ1) is 3.77. The number of hydrogen-bond donors (Lipinski definition) is 2. The summed E-state index contributed by atoms with van der Waals surface area (Å²) in [7, 11) is 5.75. The second-order valence-corrected chi connectivity index (χ2v) is 1.67. The van der Waals surface area contributed by atoms with Gasteiger partial charge in [-0.3, -0.25) is 0 Å². The minimum Gasteiger partial charge on any atom is -0.382 e. The van der Waals surface area contributed by atoms with Gasteiger partial charge in [-0.25, -0.2) is 5.43 Å². The van der Waals surface area contributed by atoms with Crippen LogP contribution in [0.1, 0.15) is 0 Å². The van der Waals surface area contributed by atoms with Crippen molar-refractivity contribution in [2.24, 2.45) is 0 Å². The Hall–Kier alpha value is -0.700. The van der Waals surface area contributed by atoms with Crippen LogP contribution >= 0.6 is 0 Å². The van der Waals surface area contributed by atoms with Gasteiger partial charge in [-0.1, -0.05) is 0 Å². The Labute approximate surface area is 50.3 Å². The van der Waals surface area contributed by atoms with E-state index >= 15 is 0 Å². The Morgan fingerprint density at radius 3 is 2.38 bits per heavy atom. The Morgan fingerprint density at radius 2 is 2.00 bits per heavy atom. The molecule has 0 aliphatic rings. The highest BCUT2D eigenvalue weighted by Gasteiger charge is 1.70.